The first-order chi connectivity index (χ1) is 8.82. The van der Waals surface area contributed by atoms with Crippen molar-refractivity contribution in [3.8, 4) is 0 Å². The molecule has 0 aliphatic rings. The molecule has 0 bridgehead atoms. The molecule has 1 aromatic rings. The van der Waals surface area contributed by atoms with Crippen LogP contribution in [0.3, 0.4) is 0 Å². The normalized spacial score (nSPS) is 11.6. The maximum Gasteiger partial charge on any atom is 0.243 e. The number of halogens is 1. The summed E-state index contributed by atoms with van der Waals surface area (Å²) in [5, 5.41) is 2.65. The fraction of sp³-hybridized carbons (Fsp3) is 0.364. The fourth-order valence-corrected chi connectivity index (χ4v) is 2.88. The number of nitrogens with one attached hydrogen (secondary N) is 1. The first-order valence-electron chi connectivity index (χ1n) is 5.48. The van der Waals surface area contributed by atoms with E-state index in [1.807, 2.05) is 0 Å². The summed E-state index contributed by atoms with van der Waals surface area (Å²) in [4.78, 5) is 11.2. The second kappa shape index (κ2) is 6.33. The van der Waals surface area contributed by atoms with Gasteiger partial charge in [0.1, 0.15) is 0 Å². The van der Waals surface area contributed by atoms with Crippen LogP contribution in [0.5, 0.6) is 0 Å². The van der Waals surface area contributed by atoms with Gasteiger partial charge >= 0.3 is 0 Å². The van der Waals surface area contributed by atoms with Crippen LogP contribution in [0.25, 0.3) is 0 Å². The van der Waals surface area contributed by atoms with Crippen molar-refractivity contribution in [3.05, 3.63) is 28.8 Å². The van der Waals surface area contributed by atoms with Crippen LogP contribution < -0.4 is 11.1 Å². The van der Waals surface area contributed by atoms with Crippen molar-refractivity contribution < 1.29 is 13.2 Å². The van der Waals surface area contributed by atoms with E-state index in [2.05, 4.69) is 5.32 Å². The number of carbonyl (C=O) groups is 1. The molecule has 0 spiro atoms. The predicted molar refractivity (Wildman–Crippen MR) is 73.2 cm³/mol. The summed E-state index contributed by atoms with van der Waals surface area (Å²) in [6.07, 6.45) is 0. The molecule has 8 heteroatoms. The molecule has 1 aromatic carbocycles. The van der Waals surface area contributed by atoms with Crippen LogP contribution in [0, 0.1) is 0 Å². The topological polar surface area (TPSA) is 92.5 Å². The Bertz CT molecular complexity index is 575. The molecular weight excluding hydrogens is 290 g/mol. The molecule has 19 heavy (non-hydrogen) atoms. The van der Waals surface area contributed by atoms with E-state index < -0.39 is 15.9 Å². The SMILES string of the molecule is CNC(=O)CN(C)S(=O)(=O)c1ccc(CN)c(Cl)c1. The van der Waals surface area contributed by atoms with Gasteiger partial charge in [-0.15, -0.1) is 0 Å². The third-order valence-electron chi connectivity index (χ3n) is 2.60. The molecule has 0 heterocycles. The van der Waals surface area contributed by atoms with Crippen molar-refractivity contribution in [2.45, 2.75) is 11.4 Å². The molecule has 106 valence electrons. The van der Waals surface area contributed by atoms with E-state index in [0.717, 1.165) is 4.31 Å². The number of nitrogens with zero attached hydrogens (tertiary/aromatic N) is 1. The highest BCUT2D eigenvalue weighted by molar-refractivity contribution is 7.89. The van der Waals surface area contributed by atoms with Gasteiger partial charge in [0.25, 0.3) is 0 Å². The summed E-state index contributed by atoms with van der Waals surface area (Å²) in [6.45, 7) is -0.0255. The van der Waals surface area contributed by atoms with E-state index >= 15 is 0 Å². The van der Waals surface area contributed by atoms with E-state index in [0.29, 0.717) is 5.56 Å². The van der Waals surface area contributed by atoms with Crippen LogP contribution in [0.1, 0.15) is 5.56 Å². The molecule has 0 saturated heterocycles. The van der Waals surface area contributed by atoms with Crippen molar-refractivity contribution >= 4 is 27.5 Å². The van der Waals surface area contributed by atoms with Gasteiger partial charge in [-0.2, -0.15) is 4.31 Å². The minimum Gasteiger partial charge on any atom is -0.358 e. The summed E-state index contributed by atoms with van der Waals surface area (Å²) in [7, 11) is -0.976. The monoisotopic (exact) mass is 305 g/mol. The molecule has 0 atom stereocenters. The third-order valence-corrected chi connectivity index (χ3v) is 4.75. The second-order valence-electron chi connectivity index (χ2n) is 3.89. The molecule has 0 aliphatic carbocycles. The second-order valence-corrected chi connectivity index (χ2v) is 6.34. The van der Waals surface area contributed by atoms with E-state index in [4.69, 9.17) is 17.3 Å². The molecule has 3 N–H and O–H groups in total. The highest BCUT2D eigenvalue weighted by atomic mass is 35.5. The number of amides is 1. The van der Waals surface area contributed by atoms with Gasteiger partial charge in [-0.1, -0.05) is 17.7 Å². The van der Waals surface area contributed by atoms with E-state index in [1.54, 1.807) is 6.07 Å². The first-order valence-corrected chi connectivity index (χ1v) is 7.30. The van der Waals surface area contributed by atoms with Gasteiger partial charge in [-0.3, -0.25) is 4.79 Å². The van der Waals surface area contributed by atoms with Crippen LogP contribution in [0.4, 0.5) is 0 Å². The third kappa shape index (κ3) is 3.66. The molecule has 0 fully saturated rings. The lowest BCUT2D eigenvalue weighted by Gasteiger charge is -2.16. The zero-order valence-electron chi connectivity index (χ0n) is 10.7. The van der Waals surface area contributed by atoms with Crippen LogP contribution in [-0.2, 0) is 21.4 Å². The Morgan fingerprint density at radius 3 is 2.58 bits per heavy atom. The summed E-state index contributed by atoms with van der Waals surface area (Å²) >= 11 is 5.93. The van der Waals surface area contributed by atoms with E-state index in [-0.39, 0.29) is 23.0 Å². The zero-order valence-corrected chi connectivity index (χ0v) is 12.3. The average Bonchev–Trinajstić information content (AvgIpc) is 2.38. The summed E-state index contributed by atoms with van der Waals surface area (Å²) in [5.41, 5.74) is 6.12. The predicted octanol–water partition coefficient (Wildman–Crippen LogP) is 0.165. The Kier molecular flexibility index (Phi) is 5.30. The van der Waals surface area contributed by atoms with Crippen LogP contribution in [0.2, 0.25) is 5.02 Å². The molecule has 0 aromatic heterocycles. The standard InChI is InChI=1S/C11H16ClN3O3S/c1-14-11(16)7-15(2)19(17,18)9-4-3-8(6-13)10(12)5-9/h3-5H,6-7,13H2,1-2H3,(H,14,16). The Hall–Kier alpha value is -1.15. The molecule has 1 rings (SSSR count). The lowest BCUT2D eigenvalue weighted by atomic mass is 10.2. The zero-order chi connectivity index (χ0) is 14.6. The number of carbonyl (C=O) groups excluding carboxylic acids is 1. The minimum atomic E-state index is -3.74. The number of hydrogen-bond acceptors (Lipinski definition) is 4. The molecule has 1 amide bonds. The van der Waals surface area contributed by atoms with Gasteiger partial charge in [0.2, 0.25) is 15.9 Å². The largest absolute Gasteiger partial charge is 0.358 e. The van der Waals surface area contributed by atoms with Gasteiger partial charge in [0.05, 0.1) is 11.4 Å². The Balaban J connectivity index is 3.06. The number of nitrogens with two attached hydrogens (primary N) is 1. The van der Waals surface area contributed by atoms with Crippen molar-refractivity contribution in [2.24, 2.45) is 5.73 Å². The molecule has 6 nitrogen and oxygen atoms in total. The summed E-state index contributed by atoms with van der Waals surface area (Å²) in [5.74, 6) is -0.393. The first kappa shape index (κ1) is 15.9. The van der Waals surface area contributed by atoms with Crippen molar-refractivity contribution in [3.63, 3.8) is 0 Å². The van der Waals surface area contributed by atoms with Gasteiger partial charge in [-0.25, -0.2) is 8.42 Å². The molecular formula is C11H16ClN3O3S. The Labute approximate surface area is 117 Å². The smallest absolute Gasteiger partial charge is 0.243 e. The van der Waals surface area contributed by atoms with Gasteiger partial charge in [0.15, 0.2) is 0 Å². The van der Waals surface area contributed by atoms with E-state index in [9.17, 15) is 13.2 Å². The van der Waals surface area contributed by atoms with Crippen LogP contribution in [-0.4, -0.2) is 39.3 Å². The van der Waals surface area contributed by atoms with E-state index in [1.165, 1.54) is 26.2 Å². The van der Waals surface area contributed by atoms with Crippen LogP contribution >= 0.6 is 11.6 Å². The number of benzene rings is 1. The van der Waals surface area contributed by atoms with Crippen molar-refractivity contribution in [1.82, 2.24) is 9.62 Å². The molecule has 0 radical (unpaired) electrons. The van der Waals surface area contributed by atoms with Gasteiger partial charge < -0.3 is 11.1 Å². The number of rotatable bonds is 5. The van der Waals surface area contributed by atoms with Gasteiger partial charge in [-0.05, 0) is 17.7 Å². The maximum absolute atomic E-state index is 12.2. The minimum absolute atomic E-state index is 0.0288. The number of sulfonamides is 1. The van der Waals surface area contributed by atoms with Crippen molar-refractivity contribution in [1.29, 1.82) is 0 Å². The lowest BCUT2D eigenvalue weighted by molar-refractivity contribution is -0.120. The van der Waals surface area contributed by atoms with Crippen molar-refractivity contribution in [2.75, 3.05) is 20.6 Å². The highest BCUT2D eigenvalue weighted by Gasteiger charge is 2.23. The highest BCUT2D eigenvalue weighted by Crippen LogP contribution is 2.22. The maximum atomic E-state index is 12.2. The van der Waals surface area contributed by atoms with Gasteiger partial charge in [0, 0.05) is 25.7 Å². The molecule has 0 aliphatic heterocycles. The Morgan fingerprint density at radius 1 is 1.47 bits per heavy atom. The number of likely N-dealkylation sites (N-methyl/N-ethyl adjacent to an activating group) is 2. The molecule has 0 saturated carbocycles. The quantitative estimate of drug-likeness (QED) is 0.811. The lowest BCUT2D eigenvalue weighted by Crippen LogP contribution is -2.36. The summed E-state index contributed by atoms with van der Waals surface area (Å²) in [6, 6.07) is 4.31. The average molecular weight is 306 g/mol. The molecule has 0 unspecified atom stereocenters. The summed E-state index contributed by atoms with van der Waals surface area (Å²) < 4.78 is 25.3. The number of hydrogen-bond donors (Lipinski definition) is 2. The Morgan fingerprint density at radius 2 is 2.11 bits per heavy atom. The van der Waals surface area contributed by atoms with Crippen LogP contribution in [0.15, 0.2) is 23.1 Å². The fourth-order valence-electron chi connectivity index (χ4n) is 1.40.